The number of anilines is 1. The van der Waals surface area contributed by atoms with Gasteiger partial charge in [-0.1, -0.05) is 12.1 Å². The first kappa shape index (κ1) is 9.71. The Balaban J connectivity index is 2.32. The van der Waals surface area contributed by atoms with E-state index in [9.17, 15) is 4.39 Å². The fourth-order valence-corrected chi connectivity index (χ4v) is 1.55. The van der Waals surface area contributed by atoms with Crippen LogP contribution in [0, 0.1) is 5.82 Å². The number of nitrogens with two attached hydrogens (primary N) is 1. The highest BCUT2D eigenvalue weighted by Gasteiger charge is 2.09. The number of benzene rings is 1. The number of hydrogen-bond acceptors (Lipinski definition) is 2. The summed E-state index contributed by atoms with van der Waals surface area (Å²) in [5, 5.41) is 0. The Morgan fingerprint density at radius 1 is 1.33 bits per heavy atom. The molecule has 0 aliphatic carbocycles. The lowest BCUT2D eigenvalue weighted by Crippen LogP contribution is -2.09. The van der Waals surface area contributed by atoms with Crippen LogP contribution in [0.2, 0.25) is 0 Å². The van der Waals surface area contributed by atoms with Gasteiger partial charge in [-0.05, 0) is 24.6 Å². The zero-order valence-corrected chi connectivity index (χ0v) is 8.39. The van der Waals surface area contributed by atoms with Gasteiger partial charge in [0.05, 0.1) is 6.04 Å². The molecule has 0 amide bonds. The second-order valence-electron chi connectivity index (χ2n) is 3.42. The molecule has 1 aromatic heterocycles. The van der Waals surface area contributed by atoms with Crippen molar-refractivity contribution < 1.29 is 4.39 Å². The average molecular weight is 205 g/mol. The van der Waals surface area contributed by atoms with Gasteiger partial charge in [0.25, 0.3) is 0 Å². The molecule has 0 spiro atoms. The van der Waals surface area contributed by atoms with E-state index in [1.54, 1.807) is 18.3 Å². The minimum absolute atomic E-state index is 0.0631. The number of nitrogen functional groups attached to an aromatic ring is 1. The summed E-state index contributed by atoms with van der Waals surface area (Å²) in [5.41, 5.74) is 6.69. The smallest absolute Gasteiger partial charge is 0.200 e. The van der Waals surface area contributed by atoms with Gasteiger partial charge in [0, 0.05) is 12.4 Å². The van der Waals surface area contributed by atoms with Crippen molar-refractivity contribution in [1.82, 2.24) is 9.55 Å². The van der Waals surface area contributed by atoms with Gasteiger partial charge in [-0.15, -0.1) is 0 Å². The molecule has 3 nitrogen and oxygen atoms in total. The van der Waals surface area contributed by atoms with Gasteiger partial charge < -0.3 is 10.3 Å². The van der Waals surface area contributed by atoms with Crippen LogP contribution in [0.1, 0.15) is 18.5 Å². The van der Waals surface area contributed by atoms with Crippen LogP contribution in [0.3, 0.4) is 0 Å². The topological polar surface area (TPSA) is 43.8 Å². The second kappa shape index (κ2) is 3.73. The standard InChI is InChI=1S/C11H12FN3/c1-8(15-7-6-14-11(15)13)9-2-4-10(12)5-3-9/h2-8H,1H3,(H2,13,14). The first-order valence-electron chi connectivity index (χ1n) is 4.72. The fraction of sp³-hybridized carbons (Fsp3) is 0.182. The molecule has 0 aliphatic heterocycles. The number of aromatic nitrogens is 2. The number of nitrogens with zero attached hydrogens (tertiary/aromatic N) is 2. The predicted molar refractivity (Wildman–Crippen MR) is 56.9 cm³/mol. The van der Waals surface area contributed by atoms with Crippen LogP contribution < -0.4 is 5.73 Å². The van der Waals surface area contributed by atoms with Crippen LogP contribution in [-0.4, -0.2) is 9.55 Å². The highest BCUT2D eigenvalue weighted by Crippen LogP contribution is 2.20. The van der Waals surface area contributed by atoms with Gasteiger partial charge in [-0.2, -0.15) is 0 Å². The SMILES string of the molecule is CC(c1ccc(F)cc1)n1ccnc1N. The van der Waals surface area contributed by atoms with E-state index in [4.69, 9.17) is 5.73 Å². The second-order valence-corrected chi connectivity index (χ2v) is 3.42. The predicted octanol–water partition coefficient (Wildman–Crippen LogP) is 2.21. The van der Waals surface area contributed by atoms with E-state index in [1.165, 1.54) is 12.1 Å². The first-order chi connectivity index (χ1) is 7.18. The van der Waals surface area contributed by atoms with Gasteiger partial charge in [-0.25, -0.2) is 9.37 Å². The lowest BCUT2D eigenvalue weighted by Gasteiger charge is -2.14. The van der Waals surface area contributed by atoms with E-state index in [0.717, 1.165) is 5.56 Å². The number of halogens is 1. The Labute approximate surface area is 87.4 Å². The Morgan fingerprint density at radius 2 is 2.00 bits per heavy atom. The van der Waals surface area contributed by atoms with Crippen LogP contribution in [-0.2, 0) is 0 Å². The van der Waals surface area contributed by atoms with Crippen LogP contribution in [0.25, 0.3) is 0 Å². The molecule has 1 atom stereocenters. The van der Waals surface area contributed by atoms with E-state index in [2.05, 4.69) is 4.98 Å². The van der Waals surface area contributed by atoms with Crippen LogP contribution in [0.15, 0.2) is 36.7 Å². The highest BCUT2D eigenvalue weighted by molar-refractivity contribution is 5.26. The van der Waals surface area contributed by atoms with Gasteiger partial charge in [0.2, 0.25) is 5.95 Å². The molecular formula is C11H12FN3. The van der Waals surface area contributed by atoms with Crippen molar-refractivity contribution in [2.75, 3.05) is 5.73 Å². The zero-order chi connectivity index (χ0) is 10.8. The molecule has 2 aromatic rings. The molecule has 0 fully saturated rings. The Morgan fingerprint density at radius 3 is 2.53 bits per heavy atom. The number of hydrogen-bond donors (Lipinski definition) is 1. The van der Waals surface area contributed by atoms with Crippen molar-refractivity contribution in [3.05, 3.63) is 48.0 Å². The van der Waals surface area contributed by atoms with Crippen molar-refractivity contribution in [1.29, 1.82) is 0 Å². The molecule has 1 unspecified atom stereocenters. The summed E-state index contributed by atoms with van der Waals surface area (Å²) in [5.74, 6) is 0.233. The quantitative estimate of drug-likeness (QED) is 0.816. The van der Waals surface area contributed by atoms with Crippen molar-refractivity contribution in [3.63, 3.8) is 0 Å². The third-order valence-corrected chi connectivity index (χ3v) is 2.47. The molecule has 15 heavy (non-hydrogen) atoms. The maximum atomic E-state index is 12.7. The highest BCUT2D eigenvalue weighted by atomic mass is 19.1. The minimum Gasteiger partial charge on any atom is -0.369 e. The number of rotatable bonds is 2. The summed E-state index contributed by atoms with van der Waals surface area (Å²) >= 11 is 0. The van der Waals surface area contributed by atoms with Crippen LogP contribution in [0.5, 0.6) is 0 Å². The van der Waals surface area contributed by atoms with E-state index in [-0.39, 0.29) is 11.9 Å². The third-order valence-electron chi connectivity index (χ3n) is 2.47. The Kier molecular flexibility index (Phi) is 2.41. The maximum Gasteiger partial charge on any atom is 0.200 e. The van der Waals surface area contributed by atoms with Gasteiger partial charge >= 0.3 is 0 Å². The van der Waals surface area contributed by atoms with Crippen LogP contribution >= 0.6 is 0 Å². The van der Waals surface area contributed by atoms with Crippen LogP contribution in [0.4, 0.5) is 10.3 Å². The van der Waals surface area contributed by atoms with E-state index in [0.29, 0.717) is 5.95 Å². The molecule has 1 heterocycles. The lowest BCUT2D eigenvalue weighted by atomic mass is 10.1. The zero-order valence-electron chi connectivity index (χ0n) is 8.39. The minimum atomic E-state index is -0.232. The summed E-state index contributed by atoms with van der Waals surface area (Å²) in [7, 11) is 0. The molecule has 78 valence electrons. The Hall–Kier alpha value is -1.84. The molecule has 1 aromatic carbocycles. The van der Waals surface area contributed by atoms with Crippen molar-refractivity contribution in [2.24, 2.45) is 0 Å². The molecule has 0 saturated carbocycles. The fourth-order valence-electron chi connectivity index (χ4n) is 1.55. The Bertz CT molecular complexity index is 447. The van der Waals surface area contributed by atoms with E-state index >= 15 is 0 Å². The van der Waals surface area contributed by atoms with Gasteiger partial charge in [0.15, 0.2) is 0 Å². The van der Waals surface area contributed by atoms with Gasteiger partial charge in [0.1, 0.15) is 5.82 Å². The molecule has 2 N–H and O–H groups in total. The summed E-state index contributed by atoms with van der Waals surface area (Å²) in [6, 6.07) is 6.45. The first-order valence-corrected chi connectivity index (χ1v) is 4.72. The summed E-state index contributed by atoms with van der Waals surface area (Å²) < 4.78 is 14.6. The summed E-state index contributed by atoms with van der Waals surface area (Å²) in [6.45, 7) is 1.99. The van der Waals surface area contributed by atoms with E-state index in [1.807, 2.05) is 17.7 Å². The molecule has 4 heteroatoms. The summed E-state index contributed by atoms with van der Waals surface area (Å²) in [4.78, 5) is 3.95. The van der Waals surface area contributed by atoms with Crippen molar-refractivity contribution in [3.8, 4) is 0 Å². The normalized spacial score (nSPS) is 12.7. The molecule has 0 saturated heterocycles. The lowest BCUT2D eigenvalue weighted by molar-refractivity contribution is 0.618. The largest absolute Gasteiger partial charge is 0.369 e. The molecular weight excluding hydrogens is 193 g/mol. The molecule has 0 aliphatic rings. The maximum absolute atomic E-state index is 12.7. The van der Waals surface area contributed by atoms with Crippen molar-refractivity contribution >= 4 is 5.95 Å². The third kappa shape index (κ3) is 1.83. The molecule has 0 bridgehead atoms. The molecule has 0 radical (unpaired) electrons. The van der Waals surface area contributed by atoms with Gasteiger partial charge in [-0.3, -0.25) is 0 Å². The number of imidazole rings is 1. The monoisotopic (exact) mass is 205 g/mol. The van der Waals surface area contributed by atoms with Crippen molar-refractivity contribution in [2.45, 2.75) is 13.0 Å². The molecule has 2 rings (SSSR count). The van der Waals surface area contributed by atoms with E-state index < -0.39 is 0 Å². The average Bonchev–Trinajstić information content (AvgIpc) is 2.65. The summed E-state index contributed by atoms with van der Waals surface area (Å²) in [6.07, 6.45) is 3.46.